The lowest BCUT2D eigenvalue weighted by atomic mass is 10.2. The maximum absolute atomic E-state index is 5.06. The van der Waals surface area contributed by atoms with Crippen molar-refractivity contribution >= 4 is 28.7 Å². The van der Waals surface area contributed by atoms with E-state index < -0.39 is 0 Å². The number of aryl methyl sites for hydroxylation is 1. The van der Waals surface area contributed by atoms with Gasteiger partial charge in [-0.05, 0) is 22.7 Å². The molecule has 0 unspecified atom stereocenters. The second kappa shape index (κ2) is 4.45. The summed E-state index contributed by atoms with van der Waals surface area (Å²) < 4.78 is 7.03. The van der Waals surface area contributed by atoms with Gasteiger partial charge in [-0.2, -0.15) is 0 Å². The predicted octanol–water partition coefficient (Wildman–Crippen LogP) is 3.34. The first-order valence-electron chi connectivity index (χ1n) is 3.59. The highest BCUT2D eigenvalue weighted by atomic mass is 127. The molecule has 0 fully saturated rings. The van der Waals surface area contributed by atoms with E-state index in [1.807, 2.05) is 30.1 Å². The van der Waals surface area contributed by atoms with Crippen LogP contribution >= 0.6 is 22.6 Å². The van der Waals surface area contributed by atoms with Gasteiger partial charge in [0.2, 0.25) is 0 Å². The van der Waals surface area contributed by atoms with Crippen LogP contribution in [-0.2, 0) is 0 Å². The van der Waals surface area contributed by atoms with E-state index in [4.69, 9.17) is 4.42 Å². The maximum Gasteiger partial charge on any atom is 0.191 e. The predicted molar refractivity (Wildman–Crippen MR) is 58.1 cm³/mol. The normalized spacial score (nSPS) is 12.8. The second-order valence-electron chi connectivity index (χ2n) is 2.47. The standard InChI is InChI=1S/C9H10INO/c1-7(3-4-10)5-9-6-12-8(2)11-9/h3-6H,1-2H3/b4-3+,7-5+. The van der Waals surface area contributed by atoms with E-state index in [1.54, 1.807) is 6.26 Å². The van der Waals surface area contributed by atoms with Gasteiger partial charge < -0.3 is 4.42 Å². The fraction of sp³-hybridized carbons (Fsp3) is 0.222. The SMILES string of the molecule is CC(/C=C/I)=C\c1coc(C)n1. The molecule has 0 saturated carbocycles. The molecule has 0 aliphatic heterocycles. The first-order chi connectivity index (χ1) is 5.72. The van der Waals surface area contributed by atoms with E-state index in [2.05, 4.69) is 27.6 Å². The second-order valence-corrected chi connectivity index (χ2v) is 3.19. The molecule has 64 valence electrons. The van der Waals surface area contributed by atoms with Gasteiger partial charge in [-0.1, -0.05) is 28.7 Å². The minimum absolute atomic E-state index is 0.701. The Balaban J connectivity index is 2.80. The van der Waals surface area contributed by atoms with Gasteiger partial charge in [-0.25, -0.2) is 4.98 Å². The van der Waals surface area contributed by atoms with Crippen molar-refractivity contribution in [1.29, 1.82) is 0 Å². The molecule has 0 spiro atoms. The first-order valence-corrected chi connectivity index (χ1v) is 4.84. The molecule has 1 heterocycles. The molecule has 1 rings (SSSR count). The number of nitrogens with zero attached hydrogens (tertiary/aromatic N) is 1. The zero-order valence-corrected chi connectivity index (χ0v) is 9.20. The summed E-state index contributed by atoms with van der Waals surface area (Å²) in [6.07, 6.45) is 5.65. The molecule has 3 heteroatoms. The Bertz CT molecular complexity index is 312. The highest BCUT2D eigenvalue weighted by Gasteiger charge is 1.94. The Labute approximate surface area is 85.5 Å². The van der Waals surface area contributed by atoms with Crippen molar-refractivity contribution in [1.82, 2.24) is 4.98 Å². The molecule has 0 aliphatic rings. The van der Waals surface area contributed by atoms with Crippen LogP contribution in [0.15, 0.2) is 26.4 Å². The Morgan fingerprint density at radius 1 is 1.67 bits per heavy atom. The lowest BCUT2D eigenvalue weighted by Gasteiger charge is -1.86. The minimum atomic E-state index is 0.701. The van der Waals surface area contributed by atoms with Crippen LogP contribution in [0.1, 0.15) is 18.5 Å². The highest BCUT2D eigenvalue weighted by molar-refractivity contribution is 14.1. The van der Waals surface area contributed by atoms with E-state index >= 15 is 0 Å². The molecule has 0 atom stereocenters. The van der Waals surface area contributed by atoms with Crippen LogP contribution in [0, 0.1) is 6.92 Å². The smallest absolute Gasteiger partial charge is 0.191 e. The zero-order chi connectivity index (χ0) is 8.97. The summed E-state index contributed by atoms with van der Waals surface area (Å²) >= 11 is 2.19. The lowest BCUT2D eigenvalue weighted by molar-refractivity contribution is 0.521. The summed E-state index contributed by atoms with van der Waals surface area (Å²) in [5.41, 5.74) is 2.04. The van der Waals surface area contributed by atoms with Crippen molar-refractivity contribution < 1.29 is 4.42 Å². The van der Waals surface area contributed by atoms with Crippen LogP contribution in [0.5, 0.6) is 0 Å². The van der Waals surface area contributed by atoms with Gasteiger partial charge in [-0.3, -0.25) is 0 Å². The van der Waals surface area contributed by atoms with E-state index in [1.165, 1.54) is 0 Å². The van der Waals surface area contributed by atoms with Crippen LogP contribution in [0.3, 0.4) is 0 Å². The van der Waals surface area contributed by atoms with Gasteiger partial charge in [0.1, 0.15) is 12.0 Å². The van der Waals surface area contributed by atoms with Gasteiger partial charge >= 0.3 is 0 Å². The Hall–Kier alpha value is -0.580. The number of hydrogen-bond acceptors (Lipinski definition) is 2. The van der Waals surface area contributed by atoms with Gasteiger partial charge in [0.25, 0.3) is 0 Å². The molecule has 0 aromatic carbocycles. The summed E-state index contributed by atoms with van der Waals surface area (Å²) in [7, 11) is 0. The van der Waals surface area contributed by atoms with E-state index in [0.29, 0.717) is 5.89 Å². The zero-order valence-electron chi connectivity index (χ0n) is 7.04. The Morgan fingerprint density at radius 3 is 2.92 bits per heavy atom. The van der Waals surface area contributed by atoms with Crippen LogP contribution in [-0.4, -0.2) is 4.98 Å². The third-order valence-electron chi connectivity index (χ3n) is 1.34. The van der Waals surface area contributed by atoms with Crippen molar-refractivity contribution in [3.8, 4) is 0 Å². The number of allylic oxidation sites excluding steroid dienone is 2. The summed E-state index contributed by atoms with van der Waals surface area (Å²) in [5, 5.41) is 0. The molecule has 0 bridgehead atoms. The highest BCUT2D eigenvalue weighted by Crippen LogP contribution is 2.07. The molecular weight excluding hydrogens is 265 g/mol. The van der Waals surface area contributed by atoms with Gasteiger partial charge in [-0.15, -0.1) is 0 Å². The molecule has 1 aromatic heterocycles. The largest absolute Gasteiger partial charge is 0.449 e. The molecule has 2 nitrogen and oxygen atoms in total. The van der Waals surface area contributed by atoms with Crippen molar-refractivity contribution in [3.05, 3.63) is 33.6 Å². The van der Waals surface area contributed by atoms with Crippen molar-refractivity contribution in [2.24, 2.45) is 0 Å². The van der Waals surface area contributed by atoms with Crippen LogP contribution in [0.2, 0.25) is 0 Å². The summed E-state index contributed by atoms with van der Waals surface area (Å²) in [4.78, 5) is 4.15. The molecular formula is C9H10INO. The topological polar surface area (TPSA) is 26.0 Å². The van der Waals surface area contributed by atoms with E-state index in [-0.39, 0.29) is 0 Å². The first kappa shape index (κ1) is 9.51. The number of halogens is 1. The molecule has 1 aromatic rings. The molecule has 0 saturated heterocycles. The molecule has 0 radical (unpaired) electrons. The Morgan fingerprint density at radius 2 is 2.42 bits per heavy atom. The quantitative estimate of drug-likeness (QED) is 0.611. The third kappa shape index (κ3) is 2.81. The van der Waals surface area contributed by atoms with E-state index in [0.717, 1.165) is 11.3 Å². The number of rotatable bonds is 2. The van der Waals surface area contributed by atoms with Crippen molar-refractivity contribution in [2.45, 2.75) is 13.8 Å². The van der Waals surface area contributed by atoms with Crippen LogP contribution in [0.4, 0.5) is 0 Å². The summed E-state index contributed by atoms with van der Waals surface area (Å²) in [6.45, 7) is 3.86. The Kier molecular flexibility index (Phi) is 3.52. The van der Waals surface area contributed by atoms with Gasteiger partial charge in [0.15, 0.2) is 5.89 Å². The third-order valence-corrected chi connectivity index (χ3v) is 1.70. The fourth-order valence-electron chi connectivity index (χ4n) is 0.827. The fourth-order valence-corrected chi connectivity index (χ4v) is 1.39. The number of aromatic nitrogens is 1. The maximum atomic E-state index is 5.06. The average molecular weight is 275 g/mol. The van der Waals surface area contributed by atoms with Crippen LogP contribution < -0.4 is 0 Å². The van der Waals surface area contributed by atoms with E-state index in [9.17, 15) is 0 Å². The van der Waals surface area contributed by atoms with Crippen molar-refractivity contribution in [2.75, 3.05) is 0 Å². The summed E-state index contributed by atoms with van der Waals surface area (Å²) in [6, 6.07) is 0. The summed E-state index contributed by atoms with van der Waals surface area (Å²) in [5.74, 6) is 0.701. The number of hydrogen-bond donors (Lipinski definition) is 0. The molecule has 0 N–H and O–H groups in total. The lowest BCUT2D eigenvalue weighted by Crippen LogP contribution is -1.73. The number of oxazole rings is 1. The van der Waals surface area contributed by atoms with Gasteiger partial charge in [0.05, 0.1) is 0 Å². The van der Waals surface area contributed by atoms with Crippen molar-refractivity contribution in [3.63, 3.8) is 0 Å². The van der Waals surface area contributed by atoms with Gasteiger partial charge in [0, 0.05) is 6.92 Å². The monoisotopic (exact) mass is 275 g/mol. The minimum Gasteiger partial charge on any atom is -0.449 e. The van der Waals surface area contributed by atoms with Crippen LogP contribution in [0.25, 0.3) is 6.08 Å². The molecule has 0 amide bonds. The molecule has 12 heavy (non-hydrogen) atoms. The molecule has 0 aliphatic carbocycles. The average Bonchev–Trinajstić information content (AvgIpc) is 2.36.